The number of fused-ring (bicyclic) bond motifs is 1. The Bertz CT molecular complexity index is 704. The van der Waals surface area contributed by atoms with Gasteiger partial charge in [-0.15, -0.1) is 0 Å². The van der Waals surface area contributed by atoms with Gasteiger partial charge in [-0.25, -0.2) is 0 Å². The molecule has 0 aromatic carbocycles. The van der Waals surface area contributed by atoms with Gasteiger partial charge in [-0.1, -0.05) is 6.42 Å². The molecule has 1 amide bonds. The second kappa shape index (κ2) is 7.86. The van der Waals surface area contributed by atoms with E-state index in [0.29, 0.717) is 25.4 Å². The predicted octanol–water partition coefficient (Wildman–Crippen LogP) is 1.28. The standard InChI is InChI=1S/C21H32N4O2/c1-15-19(18-6-8-22-10-17(18)11-24-15)12-23-14-21(27)7-3-9-25(20(21)26)13-16-4-2-5-16/h11,16,22-23,27H,2-10,12-14H2,1H3/t21-/m1/s1. The number of likely N-dealkylation sites (tertiary alicyclic amines) is 1. The quantitative estimate of drug-likeness (QED) is 0.701. The van der Waals surface area contributed by atoms with Crippen LogP contribution in [0.4, 0.5) is 0 Å². The molecule has 1 saturated carbocycles. The van der Waals surface area contributed by atoms with Crippen LogP contribution in [-0.4, -0.2) is 52.7 Å². The molecule has 1 aromatic rings. The van der Waals surface area contributed by atoms with Gasteiger partial charge in [0.15, 0.2) is 5.60 Å². The van der Waals surface area contributed by atoms with E-state index in [1.54, 1.807) is 0 Å². The summed E-state index contributed by atoms with van der Waals surface area (Å²) in [5, 5.41) is 17.8. The Hall–Kier alpha value is -1.50. The largest absolute Gasteiger partial charge is 0.379 e. The molecule has 0 spiro atoms. The van der Waals surface area contributed by atoms with E-state index in [9.17, 15) is 9.90 Å². The number of amides is 1. The van der Waals surface area contributed by atoms with Crippen LogP contribution in [0.2, 0.25) is 0 Å². The molecule has 0 radical (unpaired) electrons. The molecule has 2 aliphatic heterocycles. The number of hydrogen-bond donors (Lipinski definition) is 3. The minimum absolute atomic E-state index is 0.0812. The van der Waals surface area contributed by atoms with Gasteiger partial charge in [0.05, 0.1) is 0 Å². The Morgan fingerprint density at radius 3 is 3.04 bits per heavy atom. The average molecular weight is 373 g/mol. The molecule has 1 aliphatic carbocycles. The number of nitrogens with one attached hydrogen (secondary N) is 2. The van der Waals surface area contributed by atoms with Gasteiger partial charge in [0.1, 0.15) is 0 Å². The number of aliphatic hydroxyl groups is 1. The normalized spacial score (nSPS) is 26.0. The van der Waals surface area contributed by atoms with Gasteiger partial charge in [-0.2, -0.15) is 0 Å². The number of pyridine rings is 1. The third-order valence-corrected chi connectivity index (χ3v) is 6.60. The second-order valence-corrected chi connectivity index (χ2v) is 8.54. The first kappa shape index (κ1) is 18.8. The van der Waals surface area contributed by atoms with E-state index in [4.69, 9.17) is 0 Å². The number of carbonyl (C=O) groups excluding carboxylic acids is 1. The second-order valence-electron chi connectivity index (χ2n) is 8.54. The molecule has 1 saturated heterocycles. The molecule has 6 heteroatoms. The maximum atomic E-state index is 12.9. The number of hydrogen-bond acceptors (Lipinski definition) is 5. The fraction of sp³-hybridized carbons (Fsp3) is 0.714. The molecule has 0 bridgehead atoms. The van der Waals surface area contributed by atoms with Crippen molar-refractivity contribution in [3.8, 4) is 0 Å². The molecular formula is C21H32N4O2. The Balaban J connectivity index is 1.38. The van der Waals surface area contributed by atoms with Crippen molar-refractivity contribution < 1.29 is 9.90 Å². The zero-order chi connectivity index (χ0) is 18.9. The monoisotopic (exact) mass is 372 g/mol. The van der Waals surface area contributed by atoms with Crippen molar-refractivity contribution in [3.63, 3.8) is 0 Å². The lowest BCUT2D eigenvalue weighted by Crippen LogP contribution is -2.58. The molecule has 3 N–H and O–H groups in total. The van der Waals surface area contributed by atoms with Gasteiger partial charge in [-0.3, -0.25) is 9.78 Å². The molecule has 0 unspecified atom stereocenters. The first-order valence-corrected chi connectivity index (χ1v) is 10.5. The van der Waals surface area contributed by atoms with Crippen LogP contribution in [0.1, 0.15) is 54.5 Å². The summed E-state index contributed by atoms with van der Waals surface area (Å²) in [6.07, 6.45) is 8.13. The fourth-order valence-corrected chi connectivity index (χ4v) is 4.66. The van der Waals surface area contributed by atoms with E-state index in [1.807, 2.05) is 18.0 Å². The van der Waals surface area contributed by atoms with Crippen LogP contribution < -0.4 is 10.6 Å². The Morgan fingerprint density at radius 2 is 2.26 bits per heavy atom. The summed E-state index contributed by atoms with van der Waals surface area (Å²) in [5.41, 5.74) is 3.65. The van der Waals surface area contributed by atoms with E-state index >= 15 is 0 Å². The van der Waals surface area contributed by atoms with Crippen molar-refractivity contribution in [2.24, 2.45) is 5.92 Å². The van der Waals surface area contributed by atoms with Crippen LogP contribution in [-0.2, 0) is 24.3 Å². The van der Waals surface area contributed by atoms with E-state index in [2.05, 4.69) is 15.6 Å². The van der Waals surface area contributed by atoms with Crippen LogP contribution in [0.3, 0.4) is 0 Å². The maximum absolute atomic E-state index is 12.9. The van der Waals surface area contributed by atoms with Gasteiger partial charge >= 0.3 is 0 Å². The van der Waals surface area contributed by atoms with E-state index < -0.39 is 5.60 Å². The van der Waals surface area contributed by atoms with Crippen molar-refractivity contribution in [1.29, 1.82) is 0 Å². The van der Waals surface area contributed by atoms with E-state index in [0.717, 1.165) is 44.7 Å². The summed E-state index contributed by atoms with van der Waals surface area (Å²) in [6.45, 7) is 6.48. The molecule has 148 valence electrons. The SMILES string of the molecule is Cc1ncc2c(c1CNC[C@]1(O)CCCN(CC3CCC3)C1=O)CCNC2. The summed E-state index contributed by atoms with van der Waals surface area (Å²) in [6, 6.07) is 0. The first-order valence-electron chi connectivity index (χ1n) is 10.5. The zero-order valence-corrected chi connectivity index (χ0v) is 16.4. The van der Waals surface area contributed by atoms with Crippen LogP contribution in [0.15, 0.2) is 6.20 Å². The highest BCUT2D eigenvalue weighted by Crippen LogP contribution is 2.30. The molecule has 27 heavy (non-hydrogen) atoms. The van der Waals surface area contributed by atoms with E-state index in [1.165, 1.54) is 36.0 Å². The Kier molecular flexibility index (Phi) is 5.48. The van der Waals surface area contributed by atoms with Crippen molar-refractivity contribution >= 4 is 5.91 Å². The molecule has 2 fully saturated rings. The van der Waals surface area contributed by atoms with Crippen molar-refractivity contribution in [3.05, 3.63) is 28.6 Å². The lowest BCUT2D eigenvalue weighted by atomic mass is 9.83. The summed E-state index contributed by atoms with van der Waals surface area (Å²) in [7, 11) is 0. The summed E-state index contributed by atoms with van der Waals surface area (Å²) >= 11 is 0. The molecule has 1 aromatic heterocycles. The van der Waals surface area contributed by atoms with Crippen LogP contribution in [0.25, 0.3) is 0 Å². The molecular weight excluding hydrogens is 340 g/mol. The lowest BCUT2D eigenvalue weighted by molar-refractivity contribution is -0.157. The predicted molar refractivity (Wildman–Crippen MR) is 104 cm³/mol. The highest BCUT2D eigenvalue weighted by Gasteiger charge is 2.42. The van der Waals surface area contributed by atoms with Gasteiger partial charge in [0.25, 0.3) is 5.91 Å². The third kappa shape index (κ3) is 3.89. The molecule has 1 atom stereocenters. The minimum atomic E-state index is -1.26. The fourth-order valence-electron chi connectivity index (χ4n) is 4.66. The van der Waals surface area contributed by atoms with E-state index in [-0.39, 0.29) is 5.91 Å². The molecule has 6 nitrogen and oxygen atoms in total. The number of piperidine rings is 1. The summed E-state index contributed by atoms with van der Waals surface area (Å²) in [5.74, 6) is 0.560. The summed E-state index contributed by atoms with van der Waals surface area (Å²) < 4.78 is 0. The lowest BCUT2D eigenvalue weighted by Gasteiger charge is -2.41. The molecule has 3 heterocycles. The Labute approximate surface area is 161 Å². The first-order chi connectivity index (χ1) is 13.1. The molecule has 4 rings (SSSR count). The Morgan fingerprint density at radius 1 is 1.41 bits per heavy atom. The number of nitrogens with zero attached hydrogens (tertiary/aromatic N) is 2. The minimum Gasteiger partial charge on any atom is -0.379 e. The number of aromatic nitrogens is 1. The van der Waals surface area contributed by atoms with Crippen LogP contribution in [0, 0.1) is 12.8 Å². The third-order valence-electron chi connectivity index (χ3n) is 6.60. The molecule has 3 aliphatic rings. The smallest absolute Gasteiger partial charge is 0.255 e. The van der Waals surface area contributed by atoms with Gasteiger partial charge in [0, 0.05) is 44.6 Å². The highest BCUT2D eigenvalue weighted by atomic mass is 16.3. The van der Waals surface area contributed by atoms with Crippen LogP contribution in [0.5, 0.6) is 0 Å². The number of aryl methyl sites for hydroxylation is 1. The van der Waals surface area contributed by atoms with Crippen molar-refractivity contribution in [1.82, 2.24) is 20.5 Å². The van der Waals surface area contributed by atoms with Crippen molar-refractivity contribution in [2.75, 3.05) is 26.2 Å². The highest BCUT2D eigenvalue weighted by molar-refractivity contribution is 5.86. The van der Waals surface area contributed by atoms with Crippen LogP contribution >= 0.6 is 0 Å². The zero-order valence-electron chi connectivity index (χ0n) is 16.4. The van der Waals surface area contributed by atoms with Gasteiger partial charge in [-0.05, 0) is 68.2 Å². The summed E-state index contributed by atoms with van der Waals surface area (Å²) in [4.78, 5) is 19.3. The average Bonchev–Trinajstić information content (AvgIpc) is 2.63. The van der Waals surface area contributed by atoms with Gasteiger partial charge < -0.3 is 20.6 Å². The number of carbonyl (C=O) groups is 1. The topological polar surface area (TPSA) is 77.5 Å². The van der Waals surface area contributed by atoms with Gasteiger partial charge in [0.2, 0.25) is 0 Å². The number of rotatable bonds is 6. The maximum Gasteiger partial charge on any atom is 0.255 e. The van der Waals surface area contributed by atoms with Crippen molar-refractivity contribution in [2.45, 2.75) is 64.1 Å².